The van der Waals surface area contributed by atoms with Gasteiger partial charge < -0.3 is 14.2 Å². The molecule has 3 rings (SSSR count). The van der Waals surface area contributed by atoms with E-state index in [0.29, 0.717) is 24.7 Å². The Bertz CT molecular complexity index is 711. The van der Waals surface area contributed by atoms with Crippen LogP contribution >= 0.6 is 0 Å². The molecule has 0 bridgehead atoms. The molecule has 0 saturated carbocycles. The van der Waals surface area contributed by atoms with Crippen molar-refractivity contribution >= 4 is 5.91 Å². The Kier molecular flexibility index (Phi) is 5.36. The highest BCUT2D eigenvalue weighted by Gasteiger charge is 2.30. The van der Waals surface area contributed by atoms with Crippen molar-refractivity contribution in [3.05, 3.63) is 30.2 Å². The zero-order valence-electron chi connectivity index (χ0n) is 15.1. The highest BCUT2D eigenvalue weighted by atomic mass is 16.5. The van der Waals surface area contributed by atoms with Gasteiger partial charge in [-0.05, 0) is 44.0 Å². The number of benzene rings is 1. The molecule has 2 heterocycles. The summed E-state index contributed by atoms with van der Waals surface area (Å²) in [6.07, 6.45) is 2.57. The van der Waals surface area contributed by atoms with Gasteiger partial charge in [0, 0.05) is 25.1 Å². The first-order chi connectivity index (χ1) is 12.1. The van der Waals surface area contributed by atoms with Crippen LogP contribution in [-0.4, -0.2) is 40.1 Å². The van der Waals surface area contributed by atoms with Gasteiger partial charge in [-0.1, -0.05) is 19.0 Å². The second-order valence-corrected chi connectivity index (χ2v) is 6.50. The first kappa shape index (κ1) is 17.5. The van der Waals surface area contributed by atoms with Gasteiger partial charge in [0.15, 0.2) is 0 Å². The lowest BCUT2D eigenvalue weighted by molar-refractivity contribution is -0.129. The van der Waals surface area contributed by atoms with Crippen LogP contribution in [0.3, 0.4) is 0 Å². The van der Waals surface area contributed by atoms with Gasteiger partial charge in [0.2, 0.25) is 17.6 Å². The Labute approximate surface area is 148 Å². The van der Waals surface area contributed by atoms with Crippen molar-refractivity contribution in [2.75, 3.05) is 13.1 Å². The third kappa shape index (κ3) is 4.00. The molecule has 1 aromatic carbocycles. The maximum Gasteiger partial charge on any atom is 0.231 e. The molecule has 2 aromatic rings. The quantitative estimate of drug-likeness (QED) is 0.801. The Hall–Kier alpha value is -2.37. The minimum Gasteiger partial charge on any atom is -0.491 e. The van der Waals surface area contributed by atoms with E-state index in [-0.39, 0.29) is 17.9 Å². The van der Waals surface area contributed by atoms with Crippen molar-refractivity contribution in [3.8, 4) is 17.1 Å². The highest BCUT2D eigenvalue weighted by Crippen LogP contribution is 2.28. The molecule has 134 valence electrons. The number of carbonyl (C=O) groups excluding carboxylic acids is 1. The number of likely N-dealkylation sites (tertiary alicyclic amines) is 1. The second kappa shape index (κ2) is 7.68. The summed E-state index contributed by atoms with van der Waals surface area (Å²) in [6, 6.07) is 7.73. The Morgan fingerprint density at radius 3 is 2.80 bits per heavy atom. The normalized spacial score (nSPS) is 18.4. The molecule has 6 heteroatoms. The maximum atomic E-state index is 11.8. The van der Waals surface area contributed by atoms with Gasteiger partial charge in [-0.3, -0.25) is 4.79 Å². The van der Waals surface area contributed by atoms with E-state index in [0.717, 1.165) is 30.7 Å². The van der Waals surface area contributed by atoms with Gasteiger partial charge in [0.25, 0.3) is 0 Å². The number of hydrogen-bond acceptors (Lipinski definition) is 5. The largest absolute Gasteiger partial charge is 0.491 e. The lowest BCUT2D eigenvalue weighted by Gasteiger charge is -2.13. The minimum absolute atomic E-state index is 0.129. The fourth-order valence-corrected chi connectivity index (χ4v) is 2.93. The minimum atomic E-state index is 0.129. The first-order valence-electron chi connectivity index (χ1n) is 8.99. The van der Waals surface area contributed by atoms with Crippen molar-refractivity contribution in [2.45, 2.75) is 52.1 Å². The Balaban J connectivity index is 1.66. The third-order valence-corrected chi connectivity index (χ3v) is 4.66. The summed E-state index contributed by atoms with van der Waals surface area (Å²) in [5.41, 5.74) is 0.894. The average molecular weight is 343 g/mol. The average Bonchev–Trinajstić information content (AvgIpc) is 3.31. The van der Waals surface area contributed by atoms with E-state index in [1.165, 1.54) is 0 Å². The highest BCUT2D eigenvalue weighted by molar-refractivity contribution is 5.76. The van der Waals surface area contributed by atoms with Crippen LogP contribution in [0.2, 0.25) is 0 Å². The lowest BCUT2D eigenvalue weighted by Crippen LogP contribution is -2.27. The van der Waals surface area contributed by atoms with E-state index in [9.17, 15) is 4.79 Å². The summed E-state index contributed by atoms with van der Waals surface area (Å²) < 4.78 is 11.2. The van der Waals surface area contributed by atoms with E-state index >= 15 is 0 Å². The zero-order valence-corrected chi connectivity index (χ0v) is 15.1. The lowest BCUT2D eigenvalue weighted by atomic mass is 10.1. The molecule has 1 fully saturated rings. The predicted molar refractivity (Wildman–Crippen MR) is 94.3 cm³/mol. The van der Waals surface area contributed by atoms with Gasteiger partial charge in [-0.2, -0.15) is 4.98 Å². The van der Waals surface area contributed by atoms with Crippen molar-refractivity contribution < 1.29 is 14.1 Å². The van der Waals surface area contributed by atoms with Crippen molar-refractivity contribution in [1.29, 1.82) is 0 Å². The van der Waals surface area contributed by atoms with Crippen LogP contribution in [-0.2, 0) is 4.79 Å². The molecule has 2 atom stereocenters. The molecule has 0 radical (unpaired) electrons. The molecule has 0 aliphatic carbocycles. The van der Waals surface area contributed by atoms with Crippen LogP contribution in [0.4, 0.5) is 0 Å². The molecular weight excluding hydrogens is 318 g/mol. The third-order valence-electron chi connectivity index (χ3n) is 4.66. The molecule has 1 aromatic heterocycles. The first-order valence-corrected chi connectivity index (χ1v) is 8.99. The summed E-state index contributed by atoms with van der Waals surface area (Å²) in [5, 5.41) is 4.10. The topological polar surface area (TPSA) is 68.5 Å². The van der Waals surface area contributed by atoms with E-state index in [4.69, 9.17) is 9.26 Å². The molecule has 1 aliphatic rings. The number of ether oxygens (including phenoxy) is 1. The van der Waals surface area contributed by atoms with Crippen LogP contribution in [0.25, 0.3) is 11.4 Å². The van der Waals surface area contributed by atoms with Gasteiger partial charge in [0.1, 0.15) is 5.75 Å². The number of rotatable bonds is 6. The number of hydrogen-bond donors (Lipinski definition) is 0. The second-order valence-electron chi connectivity index (χ2n) is 6.50. The fourth-order valence-electron chi connectivity index (χ4n) is 2.93. The number of aromatic nitrogens is 2. The standard InChI is InChI=1S/C19H25N3O3/c1-4-13(3)24-16-8-6-14(7-9-16)18-20-19(25-21-18)15-10-11-22(12-15)17(23)5-2/h6-9,13,15H,4-5,10-12H2,1-3H3/t13-,15-/m0/s1. The summed E-state index contributed by atoms with van der Waals surface area (Å²) in [4.78, 5) is 18.2. The summed E-state index contributed by atoms with van der Waals surface area (Å²) in [6.45, 7) is 7.45. The SMILES string of the molecule is CCC(=O)N1CC[C@H](c2nc(-c3ccc(O[C@@H](C)CC)cc3)no2)C1. The zero-order chi connectivity index (χ0) is 17.8. The van der Waals surface area contributed by atoms with Gasteiger partial charge in [-0.15, -0.1) is 0 Å². The van der Waals surface area contributed by atoms with Crippen molar-refractivity contribution in [3.63, 3.8) is 0 Å². The van der Waals surface area contributed by atoms with Crippen LogP contribution in [0.1, 0.15) is 51.8 Å². The van der Waals surface area contributed by atoms with Crippen LogP contribution in [0, 0.1) is 0 Å². The molecule has 6 nitrogen and oxygen atoms in total. The van der Waals surface area contributed by atoms with Crippen LogP contribution in [0.15, 0.2) is 28.8 Å². The molecule has 0 N–H and O–H groups in total. The molecular formula is C19H25N3O3. The van der Waals surface area contributed by atoms with Gasteiger partial charge >= 0.3 is 0 Å². The number of nitrogens with zero attached hydrogens (tertiary/aromatic N) is 3. The smallest absolute Gasteiger partial charge is 0.231 e. The molecule has 0 unspecified atom stereocenters. The monoisotopic (exact) mass is 343 g/mol. The Morgan fingerprint density at radius 1 is 1.36 bits per heavy atom. The van der Waals surface area contributed by atoms with E-state index in [1.807, 2.05) is 43.0 Å². The van der Waals surface area contributed by atoms with Gasteiger partial charge in [0.05, 0.1) is 12.0 Å². The summed E-state index contributed by atoms with van der Waals surface area (Å²) >= 11 is 0. The molecule has 25 heavy (non-hydrogen) atoms. The van der Waals surface area contributed by atoms with Crippen molar-refractivity contribution in [2.24, 2.45) is 0 Å². The summed E-state index contributed by atoms with van der Waals surface area (Å²) in [7, 11) is 0. The van der Waals surface area contributed by atoms with Crippen molar-refractivity contribution in [1.82, 2.24) is 15.0 Å². The fraction of sp³-hybridized carbons (Fsp3) is 0.526. The maximum absolute atomic E-state index is 11.8. The van der Waals surface area contributed by atoms with Crippen LogP contribution in [0.5, 0.6) is 5.75 Å². The predicted octanol–water partition coefficient (Wildman–Crippen LogP) is 3.64. The summed E-state index contributed by atoms with van der Waals surface area (Å²) in [5.74, 6) is 2.34. The van der Waals surface area contributed by atoms with E-state index < -0.39 is 0 Å². The molecule has 0 spiro atoms. The number of amides is 1. The number of carbonyl (C=O) groups is 1. The van der Waals surface area contributed by atoms with E-state index in [2.05, 4.69) is 17.1 Å². The Morgan fingerprint density at radius 2 is 2.12 bits per heavy atom. The van der Waals surface area contributed by atoms with Gasteiger partial charge in [-0.25, -0.2) is 0 Å². The molecule has 1 saturated heterocycles. The molecule has 1 amide bonds. The molecule has 1 aliphatic heterocycles. The van der Waals surface area contributed by atoms with E-state index in [1.54, 1.807) is 0 Å². The van der Waals surface area contributed by atoms with Crippen LogP contribution < -0.4 is 4.74 Å².